The van der Waals surface area contributed by atoms with Gasteiger partial charge in [-0.15, -0.1) is 0 Å². The van der Waals surface area contributed by atoms with Gasteiger partial charge in [0, 0.05) is 11.6 Å². The maximum absolute atomic E-state index is 11.1. The highest BCUT2D eigenvalue weighted by molar-refractivity contribution is 6.30. The molecular weight excluding hydrogens is 218 g/mol. The molecule has 0 fully saturated rings. The summed E-state index contributed by atoms with van der Waals surface area (Å²) in [4.78, 5) is 11.1. The Morgan fingerprint density at radius 3 is 2.67 bits per heavy atom. The summed E-state index contributed by atoms with van der Waals surface area (Å²) in [7, 11) is 0. The fraction of sp³-hybridized carbons (Fsp3) is 0.300. The summed E-state index contributed by atoms with van der Waals surface area (Å²) in [6, 6.07) is 6.73. The van der Waals surface area contributed by atoms with Crippen LogP contribution in [0.3, 0.4) is 0 Å². The van der Waals surface area contributed by atoms with E-state index in [1.165, 1.54) is 0 Å². The van der Waals surface area contributed by atoms with Crippen molar-refractivity contribution in [3.63, 3.8) is 0 Å². The number of carbonyl (C=O) groups is 1. The van der Waals surface area contributed by atoms with Crippen molar-refractivity contribution in [3.05, 3.63) is 29.3 Å². The Hall–Kier alpha value is -1.26. The third-order valence-electron chi connectivity index (χ3n) is 1.62. The Kier molecular flexibility index (Phi) is 4.93. The van der Waals surface area contributed by atoms with E-state index in [1.807, 2.05) is 0 Å². The van der Waals surface area contributed by atoms with Gasteiger partial charge in [0.05, 0.1) is 6.61 Å². The van der Waals surface area contributed by atoms with E-state index in [1.54, 1.807) is 24.3 Å². The number of carbonyl (C=O) groups excluding carboxylic acids is 1. The summed E-state index contributed by atoms with van der Waals surface area (Å²) >= 11 is 5.68. The van der Waals surface area contributed by atoms with Crippen molar-refractivity contribution in [2.24, 2.45) is 0 Å². The lowest BCUT2D eigenvalue weighted by Crippen LogP contribution is -2.31. The Bertz CT molecular complexity index is 313. The lowest BCUT2D eigenvalue weighted by atomic mass is 10.3. The molecule has 0 radical (unpaired) electrons. The summed E-state index contributed by atoms with van der Waals surface area (Å²) in [6.07, 6.45) is 0. The molecule has 0 spiro atoms. The summed E-state index contributed by atoms with van der Waals surface area (Å²) in [5.41, 5.74) is 0. The number of ether oxygens (including phenoxy) is 1. The summed E-state index contributed by atoms with van der Waals surface area (Å²) in [6.45, 7) is 0.0944. The number of halogens is 1. The maximum Gasteiger partial charge on any atom is 0.258 e. The first kappa shape index (κ1) is 11.8. The van der Waals surface area contributed by atoms with E-state index in [0.717, 1.165) is 0 Å². The molecule has 2 N–H and O–H groups in total. The van der Waals surface area contributed by atoms with Gasteiger partial charge in [0.15, 0.2) is 6.61 Å². The lowest BCUT2D eigenvalue weighted by molar-refractivity contribution is -0.123. The number of nitrogens with one attached hydrogen (secondary N) is 1. The first-order chi connectivity index (χ1) is 7.22. The topological polar surface area (TPSA) is 58.6 Å². The predicted molar refractivity (Wildman–Crippen MR) is 57.0 cm³/mol. The van der Waals surface area contributed by atoms with Crippen molar-refractivity contribution in [2.45, 2.75) is 0 Å². The molecular formula is C10H12ClNO3. The normalized spacial score (nSPS) is 9.73. The van der Waals surface area contributed by atoms with Gasteiger partial charge < -0.3 is 15.2 Å². The van der Waals surface area contributed by atoms with Crippen LogP contribution >= 0.6 is 11.6 Å². The molecule has 1 amide bonds. The Morgan fingerprint density at radius 1 is 1.40 bits per heavy atom. The Balaban J connectivity index is 2.30. The van der Waals surface area contributed by atoms with E-state index in [9.17, 15) is 4.79 Å². The molecule has 0 aromatic heterocycles. The van der Waals surface area contributed by atoms with Gasteiger partial charge in [0.1, 0.15) is 5.75 Å². The predicted octanol–water partition coefficient (Wildman–Crippen LogP) is 0.827. The van der Waals surface area contributed by atoms with Gasteiger partial charge in [0.2, 0.25) is 0 Å². The van der Waals surface area contributed by atoms with E-state index < -0.39 is 0 Å². The van der Waals surface area contributed by atoms with Crippen LogP contribution in [-0.2, 0) is 4.79 Å². The Morgan fingerprint density at radius 2 is 2.07 bits per heavy atom. The average molecular weight is 230 g/mol. The zero-order valence-electron chi connectivity index (χ0n) is 8.07. The molecule has 0 unspecified atom stereocenters. The average Bonchev–Trinajstić information content (AvgIpc) is 2.25. The molecule has 0 aliphatic rings. The van der Waals surface area contributed by atoms with E-state index in [-0.39, 0.29) is 25.7 Å². The second-order valence-corrected chi connectivity index (χ2v) is 3.25. The van der Waals surface area contributed by atoms with Crippen LogP contribution in [0.2, 0.25) is 5.02 Å². The van der Waals surface area contributed by atoms with Gasteiger partial charge in [-0.3, -0.25) is 4.79 Å². The third-order valence-corrected chi connectivity index (χ3v) is 1.87. The molecule has 1 aromatic carbocycles. The van der Waals surface area contributed by atoms with E-state index in [4.69, 9.17) is 21.4 Å². The standard InChI is InChI=1S/C10H12ClNO3/c11-8-1-3-9(4-2-8)15-7-10(14)12-5-6-13/h1-4,13H,5-7H2,(H,12,14). The number of aliphatic hydroxyl groups is 1. The van der Waals surface area contributed by atoms with Crippen molar-refractivity contribution >= 4 is 17.5 Å². The molecule has 0 aliphatic heterocycles. The van der Waals surface area contributed by atoms with Gasteiger partial charge in [-0.05, 0) is 24.3 Å². The van der Waals surface area contributed by atoms with Crippen molar-refractivity contribution in [2.75, 3.05) is 19.8 Å². The smallest absolute Gasteiger partial charge is 0.258 e. The van der Waals surface area contributed by atoms with Crippen LogP contribution < -0.4 is 10.1 Å². The molecule has 0 saturated heterocycles. The number of hydrogen-bond acceptors (Lipinski definition) is 3. The zero-order valence-corrected chi connectivity index (χ0v) is 8.83. The largest absolute Gasteiger partial charge is 0.484 e. The van der Waals surface area contributed by atoms with Crippen LogP contribution in [-0.4, -0.2) is 30.8 Å². The van der Waals surface area contributed by atoms with Crippen LogP contribution in [0.15, 0.2) is 24.3 Å². The monoisotopic (exact) mass is 229 g/mol. The van der Waals surface area contributed by atoms with Crippen molar-refractivity contribution in [1.82, 2.24) is 5.32 Å². The number of hydrogen-bond donors (Lipinski definition) is 2. The minimum atomic E-state index is -0.265. The van der Waals surface area contributed by atoms with Crippen LogP contribution in [0, 0.1) is 0 Å². The molecule has 0 saturated carbocycles. The van der Waals surface area contributed by atoms with Gasteiger partial charge in [-0.1, -0.05) is 11.6 Å². The van der Waals surface area contributed by atoms with E-state index >= 15 is 0 Å². The van der Waals surface area contributed by atoms with Gasteiger partial charge in [0.25, 0.3) is 5.91 Å². The molecule has 5 heteroatoms. The van der Waals surface area contributed by atoms with Crippen LogP contribution in [0.5, 0.6) is 5.75 Å². The molecule has 0 bridgehead atoms. The Labute approximate surface area is 92.8 Å². The maximum atomic E-state index is 11.1. The van der Waals surface area contributed by atoms with Crippen LogP contribution in [0.1, 0.15) is 0 Å². The molecule has 0 atom stereocenters. The summed E-state index contributed by atoms with van der Waals surface area (Å²) in [5.74, 6) is 0.317. The lowest BCUT2D eigenvalue weighted by Gasteiger charge is -2.06. The number of aliphatic hydroxyl groups excluding tert-OH is 1. The van der Waals surface area contributed by atoms with Crippen LogP contribution in [0.4, 0.5) is 0 Å². The number of amides is 1. The first-order valence-electron chi connectivity index (χ1n) is 4.48. The highest BCUT2D eigenvalue weighted by atomic mass is 35.5. The van der Waals surface area contributed by atoms with Crippen molar-refractivity contribution < 1.29 is 14.6 Å². The second kappa shape index (κ2) is 6.27. The van der Waals surface area contributed by atoms with Crippen molar-refractivity contribution in [3.8, 4) is 5.75 Å². The highest BCUT2D eigenvalue weighted by Crippen LogP contribution is 2.15. The zero-order chi connectivity index (χ0) is 11.1. The fourth-order valence-electron chi connectivity index (χ4n) is 0.926. The van der Waals surface area contributed by atoms with E-state index in [0.29, 0.717) is 10.8 Å². The first-order valence-corrected chi connectivity index (χ1v) is 4.86. The SMILES string of the molecule is O=C(COc1ccc(Cl)cc1)NCCO. The minimum Gasteiger partial charge on any atom is -0.484 e. The number of benzene rings is 1. The van der Waals surface area contributed by atoms with Gasteiger partial charge in [-0.25, -0.2) is 0 Å². The molecule has 82 valence electrons. The van der Waals surface area contributed by atoms with E-state index in [2.05, 4.69) is 5.32 Å². The fourth-order valence-corrected chi connectivity index (χ4v) is 1.05. The second-order valence-electron chi connectivity index (χ2n) is 2.82. The molecule has 15 heavy (non-hydrogen) atoms. The van der Waals surface area contributed by atoms with Crippen molar-refractivity contribution in [1.29, 1.82) is 0 Å². The summed E-state index contributed by atoms with van der Waals surface area (Å²) < 4.78 is 5.17. The minimum absolute atomic E-state index is 0.0678. The molecule has 4 nitrogen and oxygen atoms in total. The molecule has 0 heterocycles. The van der Waals surface area contributed by atoms with Gasteiger partial charge >= 0.3 is 0 Å². The third kappa shape index (κ3) is 4.67. The highest BCUT2D eigenvalue weighted by Gasteiger charge is 2.01. The van der Waals surface area contributed by atoms with Gasteiger partial charge in [-0.2, -0.15) is 0 Å². The molecule has 1 aromatic rings. The molecule has 1 rings (SSSR count). The number of rotatable bonds is 5. The van der Waals surface area contributed by atoms with Crippen LogP contribution in [0.25, 0.3) is 0 Å². The summed E-state index contributed by atoms with van der Waals surface area (Å²) in [5, 5.41) is 11.6. The quantitative estimate of drug-likeness (QED) is 0.786. The molecule has 0 aliphatic carbocycles.